The SMILES string of the molecule is O=C(Nc1cc(Cl)cc(Cl)c1)c1cccc2ncccc12. The number of fused-ring (bicyclic) bond motifs is 1. The Hall–Kier alpha value is -2.10. The fourth-order valence-electron chi connectivity index (χ4n) is 2.13. The highest BCUT2D eigenvalue weighted by Crippen LogP contribution is 2.24. The summed E-state index contributed by atoms with van der Waals surface area (Å²) in [7, 11) is 0. The van der Waals surface area contributed by atoms with Crippen LogP contribution in [0.1, 0.15) is 10.4 Å². The van der Waals surface area contributed by atoms with Gasteiger partial charge < -0.3 is 5.32 Å². The van der Waals surface area contributed by atoms with E-state index in [1.165, 1.54) is 0 Å². The summed E-state index contributed by atoms with van der Waals surface area (Å²) in [6.45, 7) is 0. The Labute approximate surface area is 131 Å². The normalized spacial score (nSPS) is 10.6. The van der Waals surface area contributed by atoms with Gasteiger partial charge in [-0.3, -0.25) is 9.78 Å². The van der Waals surface area contributed by atoms with Crippen LogP contribution < -0.4 is 5.32 Å². The Bertz CT molecular complexity index is 808. The van der Waals surface area contributed by atoms with Gasteiger partial charge in [-0.15, -0.1) is 0 Å². The number of amides is 1. The van der Waals surface area contributed by atoms with E-state index in [9.17, 15) is 4.79 Å². The van der Waals surface area contributed by atoms with Gasteiger partial charge in [-0.1, -0.05) is 35.3 Å². The summed E-state index contributed by atoms with van der Waals surface area (Å²) in [5.41, 5.74) is 1.88. The average Bonchev–Trinajstić information content (AvgIpc) is 2.45. The fraction of sp³-hybridized carbons (Fsp3) is 0. The second-order valence-electron chi connectivity index (χ2n) is 4.49. The lowest BCUT2D eigenvalue weighted by molar-refractivity contribution is 0.102. The highest BCUT2D eigenvalue weighted by atomic mass is 35.5. The van der Waals surface area contributed by atoms with E-state index in [0.29, 0.717) is 21.3 Å². The van der Waals surface area contributed by atoms with Crippen molar-refractivity contribution in [3.05, 3.63) is 70.3 Å². The number of benzene rings is 2. The summed E-state index contributed by atoms with van der Waals surface area (Å²) in [4.78, 5) is 16.7. The van der Waals surface area contributed by atoms with Gasteiger partial charge in [0.2, 0.25) is 0 Å². The van der Waals surface area contributed by atoms with Crippen molar-refractivity contribution < 1.29 is 4.79 Å². The molecule has 0 spiro atoms. The number of carbonyl (C=O) groups excluding carboxylic acids is 1. The van der Waals surface area contributed by atoms with E-state index < -0.39 is 0 Å². The summed E-state index contributed by atoms with van der Waals surface area (Å²) in [5.74, 6) is -0.230. The number of rotatable bonds is 2. The number of aromatic nitrogens is 1. The second-order valence-corrected chi connectivity index (χ2v) is 5.36. The number of pyridine rings is 1. The van der Waals surface area contributed by atoms with Crippen molar-refractivity contribution >= 4 is 45.7 Å². The Kier molecular flexibility index (Phi) is 3.78. The molecule has 0 saturated carbocycles. The number of hydrogen-bond acceptors (Lipinski definition) is 2. The quantitative estimate of drug-likeness (QED) is 0.738. The molecule has 1 heterocycles. The third kappa shape index (κ3) is 2.99. The van der Waals surface area contributed by atoms with Crippen molar-refractivity contribution in [3.63, 3.8) is 0 Å². The van der Waals surface area contributed by atoms with Crippen LogP contribution in [0.3, 0.4) is 0 Å². The molecule has 3 nitrogen and oxygen atoms in total. The zero-order valence-electron chi connectivity index (χ0n) is 10.8. The van der Waals surface area contributed by atoms with Gasteiger partial charge in [0.05, 0.1) is 5.52 Å². The molecule has 5 heteroatoms. The Morgan fingerprint density at radius 1 is 1.00 bits per heavy atom. The molecule has 0 bridgehead atoms. The van der Waals surface area contributed by atoms with Crippen molar-refractivity contribution in [2.45, 2.75) is 0 Å². The smallest absolute Gasteiger partial charge is 0.256 e. The predicted octanol–water partition coefficient (Wildman–Crippen LogP) is 4.79. The number of hydrogen-bond donors (Lipinski definition) is 1. The second kappa shape index (κ2) is 5.72. The maximum atomic E-state index is 12.4. The van der Waals surface area contributed by atoms with E-state index in [0.717, 1.165) is 10.9 Å². The van der Waals surface area contributed by atoms with Crippen molar-refractivity contribution in [2.24, 2.45) is 0 Å². The standard InChI is InChI=1S/C16H10Cl2N2O/c17-10-7-11(18)9-12(8-10)20-16(21)14-3-1-5-15-13(14)4-2-6-19-15/h1-9H,(H,20,21). The molecule has 0 unspecified atom stereocenters. The van der Waals surface area contributed by atoms with Gasteiger partial charge in [-0.05, 0) is 36.4 Å². The summed E-state index contributed by atoms with van der Waals surface area (Å²) in [6.07, 6.45) is 1.70. The van der Waals surface area contributed by atoms with Gasteiger partial charge >= 0.3 is 0 Å². The molecule has 1 aromatic heterocycles. The van der Waals surface area contributed by atoms with Crippen LogP contribution in [0.5, 0.6) is 0 Å². The minimum absolute atomic E-state index is 0.230. The summed E-state index contributed by atoms with van der Waals surface area (Å²) < 4.78 is 0. The summed E-state index contributed by atoms with van der Waals surface area (Å²) in [6, 6.07) is 14.0. The van der Waals surface area contributed by atoms with Crippen LogP contribution in [-0.2, 0) is 0 Å². The van der Waals surface area contributed by atoms with Crippen LogP contribution in [-0.4, -0.2) is 10.9 Å². The summed E-state index contributed by atoms with van der Waals surface area (Å²) >= 11 is 11.9. The van der Waals surface area contributed by atoms with Gasteiger partial charge in [-0.25, -0.2) is 0 Å². The largest absolute Gasteiger partial charge is 0.322 e. The topological polar surface area (TPSA) is 42.0 Å². The predicted molar refractivity (Wildman–Crippen MR) is 86.2 cm³/mol. The first-order chi connectivity index (χ1) is 10.1. The van der Waals surface area contributed by atoms with Crippen molar-refractivity contribution in [3.8, 4) is 0 Å². The highest BCUT2D eigenvalue weighted by molar-refractivity contribution is 6.35. The van der Waals surface area contributed by atoms with E-state index in [-0.39, 0.29) is 5.91 Å². The monoisotopic (exact) mass is 316 g/mol. The van der Waals surface area contributed by atoms with Crippen LogP contribution in [0.25, 0.3) is 10.9 Å². The summed E-state index contributed by atoms with van der Waals surface area (Å²) in [5, 5.41) is 4.53. The lowest BCUT2D eigenvalue weighted by atomic mass is 10.1. The molecule has 0 saturated heterocycles. The highest BCUT2D eigenvalue weighted by Gasteiger charge is 2.11. The maximum Gasteiger partial charge on any atom is 0.256 e. The zero-order chi connectivity index (χ0) is 14.8. The van der Waals surface area contributed by atoms with E-state index >= 15 is 0 Å². The first-order valence-corrected chi connectivity index (χ1v) is 7.00. The average molecular weight is 317 g/mol. The third-order valence-electron chi connectivity index (χ3n) is 3.01. The van der Waals surface area contributed by atoms with Crippen LogP contribution >= 0.6 is 23.2 Å². The molecule has 104 valence electrons. The van der Waals surface area contributed by atoms with Gasteiger partial charge in [0, 0.05) is 32.9 Å². The number of nitrogens with one attached hydrogen (secondary N) is 1. The molecule has 0 fully saturated rings. The molecule has 3 rings (SSSR count). The maximum absolute atomic E-state index is 12.4. The van der Waals surface area contributed by atoms with E-state index in [1.54, 1.807) is 42.6 Å². The molecule has 0 aliphatic rings. The van der Waals surface area contributed by atoms with Crippen molar-refractivity contribution in [1.82, 2.24) is 4.98 Å². The van der Waals surface area contributed by atoms with Gasteiger partial charge in [0.25, 0.3) is 5.91 Å². The molecule has 2 aromatic carbocycles. The molecular formula is C16H10Cl2N2O. The number of carbonyl (C=O) groups is 1. The number of nitrogens with zero attached hydrogens (tertiary/aromatic N) is 1. The molecule has 0 aliphatic carbocycles. The Balaban J connectivity index is 1.97. The Morgan fingerprint density at radius 2 is 1.76 bits per heavy atom. The van der Waals surface area contributed by atoms with Crippen LogP contribution in [0, 0.1) is 0 Å². The molecule has 1 N–H and O–H groups in total. The number of halogens is 2. The lowest BCUT2D eigenvalue weighted by Crippen LogP contribution is -2.12. The van der Waals surface area contributed by atoms with Gasteiger partial charge in [-0.2, -0.15) is 0 Å². The lowest BCUT2D eigenvalue weighted by Gasteiger charge is -2.08. The molecule has 1 amide bonds. The van der Waals surface area contributed by atoms with Crippen molar-refractivity contribution in [2.75, 3.05) is 5.32 Å². The minimum atomic E-state index is -0.230. The number of anilines is 1. The van der Waals surface area contributed by atoms with E-state index in [1.807, 2.05) is 12.1 Å². The molecular weight excluding hydrogens is 307 g/mol. The minimum Gasteiger partial charge on any atom is -0.322 e. The van der Waals surface area contributed by atoms with Gasteiger partial charge in [0.1, 0.15) is 0 Å². The molecule has 3 aromatic rings. The van der Waals surface area contributed by atoms with Gasteiger partial charge in [0.15, 0.2) is 0 Å². The zero-order valence-corrected chi connectivity index (χ0v) is 12.3. The first-order valence-electron chi connectivity index (χ1n) is 6.25. The molecule has 0 atom stereocenters. The van der Waals surface area contributed by atoms with Crippen LogP contribution in [0.4, 0.5) is 5.69 Å². The molecule has 0 aliphatic heterocycles. The fourth-order valence-corrected chi connectivity index (χ4v) is 2.65. The molecule has 21 heavy (non-hydrogen) atoms. The van der Waals surface area contributed by atoms with E-state index in [2.05, 4.69) is 10.3 Å². The Morgan fingerprint density at radius 3 is 2.52 bits per heavy atom. The molecule has 0 radical (unpaired) electrons. The third-order valence-corrected chi connectivity index (χ3v) is 3.45. The van der Waals surface area contributed by atoms with Crippen LogP contribution in [0.2, 0.25) is 10.0 Å². The van der Waals surface area contributed by atoms with E-state index in [4.69, 9.17) is 23.2 Å². The van der Waals surface area contributed by atoms with Crippen LogP contribution in [0.15, 0.2) is 54.7 Å². The first kappa shape index (κ1) is 13.9. The van der Waals surface area contributed by atoms with Crippen molar-refractivity contribution in [1.29, 1.82) is 0 Å².